The number of hydrogen-bond acceptors (Lipinski definition) is 7. The van der Waals surface area contributed by atoms with Crippen molar-refractivity contribution in [1.29, 1.82) is 0 Å². The zero-order chi connectivity index (χ0) is 14.3. The molecule has 5 atom stereocenters. The molecule has 0 aromatic heterocycles. The minimum absolute atomic E-state index is 0.229. The fraction of sp³-hybridized carbons (Fsp3) is 0.833. The molecule has 0 amide bonds. The lowest BCUT2D eigenvalue weighted by Crippen LogP contribution is -2.59. The van der Waals surface area contributed by atoms with Crippen molar-refractivity contribution in [3.05, 3.63) is 12.2 Å². The Bertz CT molecular complexity index is 273. The van der Waals surface area contributed by atoms with Crippen LogP contribution in [0.25, 0.3) is 0 Å². The van der Waals surface area contributed by atoms with Crippen molar-refractivity contribution in [3.63, 3.8) is 0 Å². The van der Waals surface area contributed by atoms with Gasteiger partial charge < -0.3 is 29.9 Å². The molecule has 7 heteroatoms. The van der Waals surface area contributed by atoms with Crippen molar-refractivity contribution in [2.45, 2.75) is 37.6 Å². The average Bonchev–Trinajstić information content (AvgIpc) is 2.42. The van der Waals surface area contributed by atoms with Gasteiger partial charge in [-0.15, -0.1) is 0 Å². The van der Waals surface area contributed by atoms with Gasteiger partial charge >= 0.3 is 0 Å². The molecule has 1 aliphatic rings. The third kappa shape index (κ3) is 5.03. The van der Waals surface area contributed by atoms with Crippen LogP contribution in [-0.4, -0.2) is 75.9 Å². The molecule has 0 aromatic carbocycles. The summed E-state index contributed by atoms with van der Waals surface area (Å²) in [5, 5.41) is 37.8. The van der Waals surface area contributed by atoms with E-state index in [9.17, 15) is 15.3 Å². The molecule has 0 radical (unpaired) electrons. The predicted octanol–water partition coefficient (Wildman–Crippen LogP) is -0.888. The monoisotopic (exact) mass is 294 g/mol. The highest BCUT2D eigenvalue weighted by Crippen LogP contribution is 2.21. The molecular formula is C12H22O6S. The van der Waals surface area contributed by atoms with Gasteiger partial charge in [0.2, 0.25) is 0 Å². The van der Waals surface area contributed by atoms with Crippen LogP contribution in [0, 0.1) is 0 Å². The Balaban J connectivity index is 2.37. The highest BCUT2D eigenvalue weighted by atomic mass is 32.2. The maximum atomic E-state index is 9.69. The summed E-state index contributed by atoms with van der Waals surface area (Å²) in [5.41, 5.74) is 0. The second-order valence-corrected chi connectivity index (χ2v) is 5.48. The van der Waals surface area contributed by atoms with Gasteiger partial charge in [-0.05, 0) is 5.75 Å². The molecule has 0 aliphatic carbocycles. The molecule has 0 spiro atoms. The van der Waals surface area contributed by atoms with E-state index < -0.39 is 37.3 Å². The molecule has 0 aromatic rings. The Kier molecular flexibility index (Phi) is 7.93. The van der Waals surface area contributed by atoms with E-state index in [0.717, 1.165) is 11.5 Å². The van der Waals surface area contributed by atoms with Crippen LogP contribution in [0.4, 0.5) is 0 Å². The molecule has 4 N–H and O–H groups in total. The van der Waals surface area contributed by atoms with Crippen LogP contribution in [0.1, 0.15) is 6.92 Å². The van der Waals surface area contributed by atoms with Gasteiger partial charge in [0.1, 0.15) is 24.4 Å². The first-order valence-electron chi connectivity index (χ1n) is 6.26. The second-order valence-electron chi connectivity index (χ2n) is 4.16. The molecule has 1 saturated heterocycles. The van der Waals surface area contributed by atoms with Crippen molar-refractivity contribution < 1.29 is 29.9 Å². The Hall–Kier alpha value is -0.150. The molecule has 1 aliphatic heterocycles. The van der Waals surface area contributed by atoms with E-state index in [1.807, 2.05) is 6.08 Å². The molecule has 0 bridgehead atoms. The van der Waals surface area contributed by atoms with E-state index in [1.54, 1.807) is 17.8 Å². The Morgan fingerprint density at radius 3 is 2.53 bits per heavy atom. The van der Waals surface area contributed by atoms with Crippen molar-refractivity contribution in [3.8, 4) is 0 Å². The number of rotatable bonds is 7. The van der Waals surface area contributed by atoms with Crippen LogP contribution in [0.5, 0.6) is 0 Å². The van der Waals surface area contributed by atoms with Crippen LogP contribution in [0.3, 0.4) is 0 Å². The molecule has 19 heavy (non-hydrogen) atoms. The summed E-state index contributed by atoms with van der Waals surface area (Å²) >= 11 is 1.77. The largest absolute Gasteiger partial charge is 0.394 e. The minimum Gasteiger partial charge on any atom is -0.394 e. The quantitative estimate of drug-likeness (QED) is 0.357. The Morgan fingerprint density at radius 1 is 1.16 bits per heavy atom. The zero-order valence-electron chi connectivity index (χ0n) is 10.9. The van der Waals surface area contributed by atoms with E-state index in [-0.39, 0.29) is 6.61 Å². The van der Waals surface area contributed by atoms with E-state index >= 15 is 0 Å². The van der Waals surface area contributed by atoms with Crippen LogP contribution in [0.15, 0.2) is 12.2 Å². The van der Waals surface area contributed by atoms with Crippen molar-refractivity contribution in [2.24, 2.45) is 0 Å². The summed E-state index contributed by atoms with van der Waals surface area (Å²) in [6, 6.07) is 0. The van der Waals surface area contributed by atoms with E-state index in [0.29, 0.717) is 0 Å². The second kappa shape index (κ2) is 8.91. The van der Waals surface area contributed by atoms with Crippen LogP contribution >= 0.6 is 11.8 Å². The summed E-state index contributed by atoms with van der Waals surface area (Å²) < 4.78 is 10.5. The Labute approximate surface area is 117 Å². The zero-order valence-corrected chi connectivity index (χ0v) is 11.7. The van der Waals surface area contributed by atoms with Gasteiger partial charge in [0.25, 0.3) is 0 Å². The lowest BCUT2D eigenvalue weighted by molar-refractivity contribution is -0.298. The molecule has 5 unspecified atom stereocenters. The summed E-state index contributed by atoms with van der Waals surface area (Å²) in [6.07, 6.45) is -2.33. The van der Waals surface area contributed by atoms with Gasteiger partial charge in [0, 0.05) is 5.75 Å². The average molecular weight is 294 g/mol. The topological polar surface area (TPSA) is 99.4 Å². The van der Waals surface area contributed by atoms with Gasteiger partial charge in [-0.3, -0.25) is 0 Å². The first-order valence-corrected chi connectivity index (χ1v) is 7.42. The van der Waals surface area contributed by atoms with Gasteiger partial charge in [-0.2, -0.15) is 11.8 Å². The summed E-state index contributed by atoms with van der Waals surface area (Å²) in [4.78, 5) is 0. The lowest BCUT2D eigenvalue weighted by atomic mass is 9.99. The number of aliphatic hydroxyl groups is 4. The SMILES string of the molecule is CCSCC=CCOC1OC(CO)C(O)C(O)C1O. The van der Waals surface area contributed by atoms with Gasteiger partial charge in [0.15, 0.2) is 6.29 Å². The summed E-state index contributed by atoms with van der Waals surface area (Å²) in [7, 11) is 0. The van der Waals surface area contributed by atoms with Crippen LogP contribution < -0.4 is 0 Å². The highest BCUT2D eigenvalue weighted by molar-refractivity contribution is 7.99. The first kappa shape index (κ1) is 16.9. The molecule has 1 rings (SSSR count). The van der Waals surface area contributed by atoms with Crippen LogP contribution in [-0.2, 0) is 9.47 Å². The van der Waals surface area contributed by atoms with E-state index in [1.165, 1.54) is 0 Å². The fourth-order valence-corrected chi connectivity index (χ4v) is 2.19. The van der Waals surface area contributed by atoms with Crippen molar-refractivity contribution in [1.82, 2.24) is 0 Å². The first-order chi connectivity index (χ1) is 9.11. The van der Waals surface area contributed by atoms with Crippen LogP contribution in [0.2, 0.25) is 0 Å². The third-order valence-electron chi connectivity index (χ3n) is 2.79. The molecule has 112 valence electrons. The highest BCUT2D eigenvalue weighted by Gasteiger charge is 2.43. The number of hydrogen-bond donors (Lipinski definition) is 4. The predicted molar refractivity (Wildman–Crippen MR) is 71.9 cm³/mol. The van der Waals surface area contributed by atoms with Gasteiger partial charge in [-0.1, -0.05) is 19.1 Å². The van der Waals surface area contributed by atoms with Crippen molar-refractivity contribution in [2.75, 3.05) is 24.7 Å². The number of thioether (sulfide) groups is 1. The van der Waals surface area contributed by atoms with Gasteiger partial charge in [0.05, 0.1) is 13.2 Å². The van der Waals surface area contributed by atoms with Gasteiger partial charge in [-0.25, -0.2) is 0 Å². The van der Waals surface area contributed by atoms with E-state index in [4.69, 9.17) is 14.6 Å². The Morgan fingerprint density at radius 2 is 1.89 bits per heavy atom. The maximum Gasteiger partial charge on any atom is 0.187 e. The third-order valence-corrected chi connectivity index (χ3v) is 3.63. The number of aliphatic hydroxyl groups excluding tert-OH is 4. The molecule has 1 heterocycles. The standard InChI is InChI=1S/C12H22O6S/c1-2-19-6-4-3-5-17-12-11(16)10(15)9(14)8(7-13)18-12/h3-4,8-16H,2,5-7H2,1H3. The minimum atomic E-state index is -1.39. The molecule has 6 nitrogen and oxygen atoms in total. The molecule has 1 fully saturated rings. The molecule has 0 saturated carbocycles. The van der Waals surface area contributed by atoms with E-state index in [2.05, 4.69) is 6.92 Å². The number of ether oxygens (including phenoxy) is 2. The summed E-state index contributed by atoms with van der Waals surface area (Å²) in [5.74, 6) is 1.92. The normalized spacial score (nSPS) is 35.9. The lowest BCUT2D eigenvalue weighted by Gasteiger charge is -2.39. The van der Waals surface area contributed by atoms with Crippen molar-refractivity contribution >= 4 is 11.8 Å². The summed E-state index contributed by atoms with van der Waals surface area (Å²) in [6.45, 7) is 1.85. The smallest absolute Gasteiger partial charge is 0.187 e. The fourth-order valence-electron chi connectivity index (χ4n) is 1.68. The molecular weight excluding hydrogens is 272 g/mol. The maximum absolute atomic E-state index is 9.69.